The molecule has 2 amide bonds. The van der Waals surface area contributed by atoms with Gasteiger partial charge in [0.05, 0.1) is 6.04 Å². The van der Waals surface area contributed by atoms with E-state index in [0.29, 0.717) is 31.4 Å². The molecule has 2 rings (SSSR count). The molecule has 0 aromatic carbocycles. The molecule has 1 aromatic heterocycles. The highest BCUT2D eigenvalue weighted by molar-refractivity contribution is 14.0. The van der Waals surface area contributed by atoms with Crippen LogP contribution in [0.4, 0.5) is 4.79 Å². The molecule has 1 aliphatic heterocycles. The zero-order valence-corrected chi connectivity index (χ0v) is 18.4. The number of ether oxygens (including phenoxy) is 1. The van der Waals surface area contributed by atoms with Crippen molar-refractivity contribution >= 4 is 41.9 Å². The molecule has 10 heteroatoms. The Morgan fingerprint density at radius 2 is 2.04 bits per heavy atom. The van der Waals surface area contributed by atoms with E-state index in [-0.39, 0.29) is 48.4 Å². The molecule has 27 heavy (non-hydrogen) atoms. The maximum atomic E-state index is 11.9. The molecule has 1 aliphatic rings. The van der Waals surface area contributed by atoms with Crippen LogP contribution >= 0.6 is 24.0 Å². The highest BCUT2D eigenvalue weighted by Crippen LogP contribution is 2.15. The second-order valence-corrected chi connectivity index (χ2v) is 7.05. The highest BCUT2D eigenvalue weighted by Gasteiger charge is 2.34. The van der Waals surface area contributed by atoms with Gasteiger partial charge in [-0.3, -0.25) is 4.79 Å². The highest BCUT2D eigenvalue weighted by atomic mass is 127. The zero-order valence-electron chi connectivity index (χ0n) is 16.1. The van der Waals surface area contributed by atoms with Gasteiger partial charge in [-0.25, -0.2) is 9.79 Å². The van der Waals surface area contributed by atoms with E-state index in [9.17, 15) is 9.59 Å². The van der Waals surface area contributed by atoms with Crippen molar-refractivity contribution in [1.29, 1.82) is 0 Å². The molecule has 1 aromatic rings. The van der Waals surface area contributed by atoms with Crippen molar-refractivity contribution in [2.45, 2.75) is 45.9 Å². The molecule has 1 saturated heterocycles. The Hall–Kier alpha value is -1.98. The van der Waals surface area contributed by atoms with E-state index in [1.807, 2.05) is 27.7 Å². The maximum absolute atomic E-state index is 11.9. The molecule has 4 N–H and O–H groups in total. The van der Waals surface area contributed by atoms with Crippen LogP contribution in [0.1, 0.15) is 44.0 Å². The van der Waals surface area contributed by atoms with Crippen molar-refractivity contribution in [1.82, 2.24) is 15.5 Å². The number of nitrogens with one attached hydrogen (secondary N) is 2. The normalized spacial score (nSPS) is 14.8. The summed E-state index contributed by atoms with van der Waals surface area (Å²) in [7, 11) is 0. The van der Waals surface area contributed by atoms with Crippen molar-refractivity contribution in [3.63, 3.8) is 0 Å². The van der Waals surface area contributed by atoms with Crippen LogP contribution in [0.3, 0.4) is 0 Å². The van der Waals surface area contributed by atoms with E-state index in [2.05, 4.69) is 15.6 Å². The molecule has 0 bridgehead atoms. The number of furan rings is 1. The summed E-state index contributed by atoms with van der Waals surface area (Å²) < 4.78 is 10.6. The molecule has 0 unspecified atom stereocenters. The first-order valence-corrected chi connectivity index (χ1v) is 8.59. The third-order valence-corrected chi connectivity index (χ3v) is 3.52. The van der Waals surface area contributed by atoms with Gasteiger partial charge in [0.1, 0.15) is 17.9 Å². The topological polar surface area (TPSA) is 122 Å². The van der Waals surface area contributed by atoms with Gasteiger partial charge in [-0.1, -0.05) is 0 Å². The second-order valence-electron chi connectivity index (χ2n) is 7.05. The van der Waals surface area contributed by atoms with Crippen molar-refractivity contribution in [2.75, 3.05) is 19.6 Å². The van der Waals surface area contributed by atoms with Gasteiger partial charge in [0, 0.05) is 19.6 Å². The predicted molar refractivity (Wildman–Crippen MR) is 112 cm³/mol. The van der Waals surface area contributed by atoms with Gasteiger partial charge in [-0.15, -0.1) is 24.0 Å². The molecule has 152 valence electrons. The van der Waals surface area contributed by atoms with Crippen molar-refractivity contribution in [2.24, 2.45) is 10.7 Å². The Morgan fingerprint density at radius 1 is 1.37 bits per heavy atom. The number of amides is 2. The number of halogens is 1. The lowest BCUT2D eigenvalue weighted by atomic mass is 10.1. The van der Waals surface area contributed by atoms with Crippen molar-refractivity contribution in [3.8, 4) is 0 Å². The molecule has 0 saturated carbocycles. The second kappa shape index (κ2) is 9.81. The van der Waals surface area contributed by atoms with Crippen molar-refractivity contribution < 1.29 is 18.7 Å². The summed E-state index contributed by atoms with van der Waals surface area (Å²) >= 11 is 0. The molecule has 2 heterocycles. The van der Waals surface area contributed by atoms with Gasteiger partial charge >= 0.3 is 6.09 Å². The first kappa shape index (κ1) is 23.1. The smallest absolute Gasteiger partial charge is 0.410 e. The number of carbonyl (C=O) groups excluding carboxylic acids is 2. The van der Waals surface area contributed by atoms with Gasteiger partial charge in [0.2, 0.25) is 0 Å². The summed E-state index contributed by atoms with van der Waals surface area (Å²) in [6, 6.07) is 3.29. The number of rotatable bonds is 5. The lowest BCUT2D eigenvalue weighted by Crippen LogP contribution is -2.63. The Kier molecular flexibility index (Phi) is 8.38. The number of likely N-dealkylation sites (tertiary alicyclic amines) is 1. The summed E-state index contributed by atoms with van der Waals surface area (Å²) in [6.45, 7) is 9.54. The third kappa shape index (κ3) is 7.27. The average Bonchev–Trinajstić information content (AvgIpc) is 2.95. The molecular weight excluding hydrogens is 465 g/mol. The zero-order chi connectivity index (χ0) is 19.3. The summed E-state index contributed by atoms with van der Waals surface area (Å²) in [5.41, 5.74) is 4.66. The fourth-order valence-electron chi connectivity index (χ4n) is 2.31. The number of aliphatic imine (C=N–C) groups is 1. The minimum Gasteiger partial charge on any atom is -0.454 e. The monoisotopic (exact) mass is 493 g/mol. The Labute approximate surface area is 176 Å². The molecule has 0 atom stereocenters. The first-order chi connectivity index (χ1) is 12.2. The fraction of sp³-hybridized carbons (Fsp3) is 0.588. The number of carbonyl (C=O) groups is 2. The number of hydrogen-bond acceptors (Lipinski definition) is 5. The van der Waals surface area contributed by atoms with Crippen molar-refractivity contribution in [3.05, 3.63) is 23.7 Å². The van der Waals surface area contributed by atoms with Gasteiger partial charge in [-0.05, 0) is 39.8 Å². The number of nitrogens with two attached hydrogens (primary N) is 1. The number of nitrogens with zero attached hydrogens (tertiary/aromatic N) is 2. The number of primary amides is 1. The first-order valence-electron chi connectivity index (χ1n) is 8.59. The van der Waals surface area contributed by atoms with Gasteiger partial charge in [0.25, 0.3) is 5.91 Å². The Morgan fingerprint density at radius 3 is 2.56 bits per heavy atom. The van der Waals surface area contributed by atoms with Crippen LogP contribution in [0.25, 0.3) is 0 Å². The van der Waals surface area contributed by atoms with Crippen LogP contribution in [0.15, 0.2) is 21.5 Å². The molecular formula is C17H28IN5O4. The molecule has 0 radical (unpaired) electrons. The minimum absolute atomic E-state index is 0. The summed E-state index contributed by atoms with van der Waals surface area (Å²) in [4.78, 5) is 29.0. The van der Waals surface area contributed by atoms with Crippen LogP contribution in [-0.4, -0.2) is 54.1 Å². The Bertz CT molecular complexity index is 677. The molecule has 0 aliphatic carbocycles. The molecule has 1 fully saturated rings. The third-order valence-electron chi connectivity index (χ3n) is 3.52. The van der Waals surface area contributed by atoms with E-state index in [1.54, 1.807) is 11.0 Å². The van der Waals surface area contributed by atoms with E-state index in [4.69, 9.17) is 14.9 Å². The summed E-state index contributed by atoms with van der Waals surface area (Å²) in [6.07, 6.45) is -0.313. The molecule has 9 nitrogen and oxygen atoms in total. The van der Waals surface area contributed by atoms with E-state index in [1.165, 1.54) is 6.07 Å². The molecule has 0 spiro atoms. The van der Waals surface area contributed by atoms with Gasteiger partial charge < -0.3 is 30.4 Å². The van der Waals surface area contributed by atoms with Gasteiger partial charge in [0.15, 0.2) is 11.7 Å². The predicted octanol–water partition coefficient (Wildman–Crippen LogP) is 1.67. The fourth-order valence-corrected chi connectivity index (χ4v) is 2.31. The van der Waals surface area contributed by atoms with E-state index >= 15 is 0 Å². The van der Waals surface area contributed by atoms with E-state index in [0.717, 1.165) is 0 Å². The lowest BCUT2D eigenvalue weighted by Gasteiger charge is -2.40. The van der Waals surface area contributed by atoms with Crippen LogP contribution in [0, 0.1) is 0 Å². The standard InChI is InChI=1S/C17H27N5O4.HI/c1-5-19-15(20-8-12-6-7-13(25-12)14(18)23)21-11-9-22(10-11)16(24)26-17(2,3)4;/h6-7,11H,5,8-10H2,1-4H3,(H2,18,23)(H2,19,20,21);1H. The van der Waals surface area contributed by atoms with Gasteiger partial charge in [-0.2, -0.15) is 0 Å². The average molecular weight is 493 g/mol. The largest absolute Gasteiger partial charge is 0.454 e. The summed E-state index contributed by atoms with van der Waals surface area (Å²) in [5, 5.41) is 6.39. The van der Waals surface area contributed by atoms with Crippen LogP contribution in [0.2, 0.25) is 0 Å². The SMILES string of the molecule is CCNC(=NCc1ccc(C(N)=O)o1)NC1CN(C(=O)OC(C)(C)C)C1.I. The minimum atomic E-state index is -0.609. The van der Waals surface area contributed by atoms with Crippen LogP contribution < -0.4 is 16.4 Å². The van der Waals surface area contributed by atoms with Crippen LogP contribution in [-0.2, 0) is 11.3 Å². The van der Waals surface area contributed by atoms with E-state index < -0.39 is 11.5 Å². The van der Waals surface area contributed by atoms with Crippen LogP contribution in [0.5, 0.6) is 0 Å². The Balaban J connectivity index is 0.00000364. The maximum Gasteiger partial charge on any atom is 0.410 e. The number of hydrogen-bond donors (Lipinski definition) is 3. The lowest BCUT2D eigenvalue weighted by molar-refractivity contribution is 0.00700. The summed E-state index contributed by atoms with van der Waals surface area (Å²) in [5.74, 6) is 0.653. The quantitative estimate of drug-likeness (QED) is 0.326. The number of guanidine groups is 1.